The second kappa shape index (κ2) is 7.45. The first-order valence-electron chi connectivity index (χ1n) is 6.07. The third-order valence-corrected chi connectivity index (χ3v) is 3.25. The number of nitrogens with zero attached hydrogens (tertiary/aromatic N) is 1. The van der Waals surface area contributed by atoms with Gasteiger partial charge in [0.1, 0.15) is 0 Å². The van der Waals surface area contributed by atoms with Gasteiger partial charge in [0, 0.05) is 6.54 Å². The smallest absolute Gasteiger partial charge is 0.445 e. The Hall–Kier alpha value is 0.671. The fourth-order valence-corrected chi connectivity index (χ4v) is 2.36. The molecule has 0 radical (unpaired) electrons. The Labute approximate surface area is 149 Å². The summed E-state index contributed by atoms with van der Waals surface area (Å²) in [5.41, 5.74) is -0.0139. The van der Waals surface area contributed by atoms with Gasteiger partial charge in [-0.3, -0.25) is 4.90 Å². The zero-order valence-electron chi connectivity index (χ0n) is 10.7. The summed E-state index contributed by atoms with van der Waals surface area (Å²) in [5.74, 6) is 0. The van der Waals surface area contributed by atoms with E-state index in [4.69, 9.17) is 0 Å². The molecule has 0 atom stereocenters. The third kappa shape index (κ3) is 4.65. The molecule has 1 nitrogen and oxygen atoms in total. The fourth-order valence-electron chi connectivity index (χ4n) is 2.36. The van der Waals surface area contributed by atoms with Crippen molar-refractivity contribution in [3.8, 4) is 0 Å². The maximum Gasteiger partial charge on any atom is 1.00 e. The SMILES string of the molecule is F[B-](F)(F)c1ccccc1CN1CCCCC1.[K+]. The average molecular weight is 281 g/mol. The Kier molecular flexibility index (Phi) is 6.92. The summed E-state index contributed by atoms with van der Waals surface area (Å²) in [5, 5.41) is 0. The largest absolute Gasteiger partial charge is 1.00 e. The van der Waals surface area contributed by atoms with Crippen molar-refractivity contribution in [3.05, 3.63) is 29.8 Å². The molecular formula is C12H16BF3KN. The van der Waals surface area contributed by atoms with Gasteiger partial charge in [-0.05, 0) is 25.9 Å². The topological polar surface area (TPSA) is 3.24 Å². The van der Waals surface area contributed by atoms with Crippen molar-refractivity contribution >= 4 is 12.4 Å². The predicted octanol–water partition coefficient (Wildman–Crippen LogP) is -0.269. The fraction of sp³-hybridized carbons (Fsp3) is 0.500. The van der Waals surface area contributed by atoms with Crippen LogP contribution in [0.5, 0.6) is 0 Å². The number of piperidine rings is 1. The van der Waals surface area contributed by atoms with Crippen molar-refractivity contribution < 1.29 is 64.3 Å². The minimum atomic E-state index is -4.89. The Morgan fingerprint density at radius 1 is 1.00 bits per heavy atom. The molecule has 0 N–H and O–H groups in total. The summed E-state index contributed by atoms with van der Waals surface area (Å²) in [6.45, 7) is -2.63. The van der Waals surface area contributed by atoms with Crippen molar-refractivity contribution in [1.82, 2.24) is 4.90 Å². The van der Waals surface area contributed by atoms with E-state index >= 15 is 0 Å². The average Bonchev–Trinajstić information content (AvgIpc) is 2.30. The molecule has 0 unspecified atom stereocenters. The molecule has 1 fully saturated rings. The van der Waals surface area contributed by atoms with E-state index in [1.807, 2.05) is 0 Å². The summed E-state index contributed by atoms with van der Waals surface area (Å²) in [7, 11) is 0. The molecule has 1 aromatic rings. The number of benzene rings is 1. The van der Waals surface area contributed by atoms with Crippen molar-refractivity contribution in [3.63, 3.8) is 0 Å². The maximum absolute atomic E-state index is 12.8. The molecule has 6 heteroatoms. The van der Waals surface area contributed by atoms with Crippen LogP contribution < -0.4 is 56.8 Å². The van der Waals surface area contributed by atoms with Crippen LogP contribution in [0.4, 0.5) is 12.9 Å². The van der Waals surface area contributed by atoms with Gasteiger partial charge in [0.05, 0.1) is 0 Å². The quantitative estimate of drug-likeness (QED) is 0.690. The summed E-state index contributed by atoms with van der Waals surface area (Å²) in [4.78, 5) is 2.12. The maximum atomic E-state index is 12.8. The van der Waals surface area contributed by atoms with Gasteiger partial charge in [0.2, 0.25) is 0 Å². The van der Waals surface area contributed by atoms with E-state index in [9.17, 15) is 12.9 Å². The van der Waals surface area contributed by atoms with Crippen LogP contribution in [0.15, 0.2) is 24.3 Å². The number of hydrogen-bond donors (Lipinski definition) is 0. The summed E-state index contributed by atoms with van der Waals surface area (Å²) < 4.78 is 38.5. The molecule has 1 saturated heterocycles. The van der Waals surface area contributed by atoms with E-state index < -0.39 is 12.4 Å². The van der Waals surface area contributed by atoms with Gasteiger partial charge in [0.25, 0.3) is 0 Å². The van der Waals surface area contributed by atoms with Crippen molar-refractivity contribution in [2.45, 2.75) is 25.8 Å². The second-order valence-electron chi connectivity index (χ2n) is 4.61. The standard InChI is InChI=1S/C12H16BF3N.K/c14-13(15,16)12-7-3-2-6-11(12)10-17-8-4-1-5-9-17;/h2-3,6-7H,1,4-5,8-10H2;/q-1;+1. The minimum absolute atomic E-state index is 0. The molecule has 1 heterocycles. The molecule has 0 bridgehead atoms. The van der Waals surface area contributed by atoms with Crippen LogP contribution in [0.1, 0.15) is 24.8 Å². The van der Waals surface area contributed by atoms with Gasteiger partial charge in [-0.1, -0.05) is 36.2 Å². The number of halogens is 3. The third-order valence-electron chi connectivity index (χ3n) is 3.25. The molecule has 0 spiro atoms. The number of hydrogen-bond acceptors (Lipinski definition) is 1. The van der Waals surface area contributed by atoms with Crippen molar-refractivity contribution in [2.24, 2.45) is 0 Å². The Balaban J connectivity index is 0.00000162. The van der Waals surface area contributed by atoms with Gasteiger partial charge in [-0.25, -0.2) is 0 Å². The molecule has 0 aliphatic carbocycles. The first kappa shape index (κ1) is 16.7. The van der Waals surface area contributed by atoms with Crippen molar-refractivity contribution in [1.29, 1.82) is 0 Å². The Morgan fingerprint density at radius 3 is 2.22 bits per heavy atom. The summed E-state index contributed by atoms with van der Waals surface area (Å²) >= 11 is 0. The Morgan fingerprint density at radius 2 is 1.61 bits per heavy atom. The molecule has 0 aromatic heterocycles. The van der Waals surface area contributed by atoms with Crippen LogP contribution in [-0.2, 0) is 6.54 Å². The monoisotopic (exact) mass is 281 g/mol. The molecule has 94 valence electrons. The molecule has 1 aliphatic rings. The first-order valence-corrected chi connectivity index (χ1v) is 6.07. The van der Waals surface area contributed by atoms with E-state index in [2.05, 4.69) is 4.90 Å². The van der Waals surface area contributed by atoms with Crippen molar-refractivity contribution in [2.75, 3.05) is 13.1 Å². The van der Waals surface area contributed by atoms with Crippen LogP contribution in [0.3, 0.4) is 0 Å². The minimum Gasteiger partial charge on any atom is -0.445 e. The van der Waals surface area contributed by atoms with Gasteiger partial charge in [0.15, 0.2) is 0 Å². The number of likely N-dealkylation sites (tertiary alicyclic amines) is 1. The number of rotatable bonds is 3. The normalized spacial score (nSPS) is 17.3. The summed E-state index contributed by atoms with van der Waals surface area (Å²) in [6, 6.07) is 5.94. The van der Waals surface area contributed by atoms with Crippen LogP contribution in [0.25, 0.3) is 0 Å². The van der Waals surface area contributed by atoms with E-state index in [1.165, 1.54) is 18.6 Å². The van der Waals surface area contributed by atoms with Crippen LogP contribution in [0, 0.1) is 0 Å². The zero-order chi connectivity index (χ0) is 12.3. The van der Waals surface area contributed by atoms with Crippen LogP contribution in [0.2, 0.25) is 0 Å². The first-order chi connectivity index (χ1) is 8.07. The summed E-state index contributed by atoms with van der Waals surface area (Å²) in [6.07, 6.45) is 3.39. The molecule has 1 aliphatic heterocycles. The van der Waals surface area contributed by atoms with Gasteiger partial charge < -0.3 is 12.9 Å². The van der Waals surface area contributed by atoms with Gasteiger partial charge in [-0.15, -0.1) is 5.46 Å². The second-order valence-corrected chi connectivity index (χ2v) is 4.61. The van der Waals surface area contributed by atoms with E-state index in [0.29, 0.717) is 12.1 Å². The zero-order valence-corrected chi connectivity index (χ0v) is 13.8. The molecule has 18 heavy (non-hydrogen) atoms. The van der Waals surface area contributed by atoms with E-state index in [1.54, 1.807) is 12.1 Å². The molecule has 0 saturated carbocycles. The molecule has 2 rings (SSSR count). The van der Waals surface area contributed by atoms with Crippen LogP contribution in [-0.4, -0.2) is 25.0 Å². The van der Waals surface area contributed by atoms with Gasteiger partial charge >= 0.3 is 58.4 Å². The molecule has 0 amide bonds. The predicted molar refractivity (Wildman–Crippen MR) is 64.3 cm³/mol. The molecule has 1 aromatic carbocycles. The van der Waals surface area contributed by atoms with E-state index in [0.717, 1.165) is 25.9 Å². The van der Waals surface area contributed by atoms with E-state index in [-0.39, 0.29) is 51.4 Å². The molecular weight excluding hydrogens is 265 g/mol. The van der Waals surface area contributed by atoms with Crippen LogP contribution >= 0.6 is 0 Å². The van der Waals surface area contributed by atoms with Gasteiger partial charge in [-0.2, -0.15) is 0 Å². The Bertz CT molecular complexity index is 378.